The second-order valence-corrected chi connectivity index (χ2v) is 6.34. The van der Waals surface area contributed by atoms with Crippen LogP contribution in [0.25, 0.3) is 0 Å². The predicted molar refractivity (Wildman–Crippen MR) is 85.6 cm³/mol. The molecule has 6 nitrogen and oxygen atoms in total. The van der Waals surface area contributed by atoms with E-state index in [0.717, 1.165) is 23.7 Å². The van der Waals surface area contributed by atoms with Gasteiger partial charge in [-0.15, -0.1) is 0 Å². The third-order valence-electron chi connectivity index (χ3n) is 4.20. The Labute approximate surface area is 135 Å². The van der Waals surface area contributed by atoms with Crippen LogP contribution < -0.4 is 16.0 Å². The van der Waals surface area contributed by atoms with Gasteiger partial charge in [-0.25, -0.2) is 0 Å². The highest BCUT2D eigenvalue weighted by molar-refractivity contribution is 6.03. The highest BCUT2D eigenvalue weighted by Gasteiger charge is 2.30. The average Bonchev–Trinajstić information content (AvgIpc) is 3.27. The zero-order chi connectivity index (χ0) is 16.2. The third kappa shape index (κ3) is 4.63. The highest BCUT2D eigenvalue weighted by Crippen LogP contribution is 2.27. The van der Waals surface area contributed by atoms with Crippen molar-refractivity contribution >= 4 is 23.4 Å². The fourth-order valence-corrected chi connectivity index (χ4v) is 2.70. The van der Waals surface area contributed by atoms with Gasteiger partial charge in [0, 0.05) is 12.1 Å². The number of anilines is 1. The van der Waals surface area contributed by atoms with Crippen molar-refractivity contribution in [2.45, 2.75) is 25.7 Å². The minimum Gasteiger partial charge on any atom is -0.325 e. The summed E-state index contributed by atoms with van der Waals surface area (Å²) in [7, 11) is 0. The van der Waals surface area contributed by atoms with E-state index in [9.17, 15) is 14.4 Å². The largest absolute Gasteiger partial charge is 0.325 e. The minimum absolute atomic E-state index is 0.0563. The second-order valence-electron chi connectivity index (χ2n) is 6.34. The van der Waals surface area contributed by atoms with Crippen LogP contribution >= 0.6 is 0 Å². The summed E-state index contributed by atoms with van der Waals surface area (Å²) in [5, 5.41) is 8.30. The first-order valence-corrected chi connectivity index (χ1v) is 8.03. The van der Waals surface area contributed by atoms with Gasteiger partial charge in [0.05, 0.1) is 12.5 Å². The quantitative estimate of drug-likeness (QED) is 0.650. The molecule has 1 atom stereocenters. The van der Waals surface area contributed by atoms with Crippen molar-refractivity contribution in [1.29, 1.82) is 0 Å². The van der Waals surface area contributed by atoms with Crippen molar-refractivity contribution in [2.75, 3.05) is 18.4 Å². The number of rotatable bonds is 7. The molecule has 0 radical (unpaired) electrons. The van der Waals surface area contributed by atoms with E-state index in [0.29, 0.717) is 13.0 Å². The van der Waals surface area contributed by atoms with Crippen LogP contribution in [-0.2, 0) is 20.8 Å². The summed E-state index contributed by atoms with van der Waals surface area (Å²) >= 11 is 0. The fourth-order valence-electron chi connectivity index (χ4n) is 2.70. The molecule has 23 heavy (non-hydrogen) atoms. The van der Waals surface area contributed by atoms with Crippen molar-refractivity contribution in [1.82, 2.24) is 10.6 Å². The number of nitrogens with one attached hydrogen (secondary N) is 3. The van der Waals surface area contributed by atoms with Gasteiger partial charge in [0.2, 0.25) is 17.7 Å². The first kappa shape index (κ1) is 15.7. The van der Waals surface area contributed by atoms with Crippen molar-refractivity contribution in [3.05, 3.63) is 29.8 Å². The molecule has 0 bridgehead atoms. The molecule has 6 heteroatoms. The van der Waals surface area contributed by atoms with E-state index in [4.69, 9.17) is 0 Å². The molecule has 1 aliphatic heterocycles. The van der Waals surface area contributed by atoms with Crippen molar-refractivity contribution in [3.8, 4) is 0 Å². The summed E-state index contributed by atoms with van der Waals surface area (Å²) in [5.41, 5.74) is 1.71. The summed E-state index contributed by atoms with van der Waals surface area (Å²) < 4.78 is 0. The maximum absolute atomic E-state index is 11.8. The van der Waals surface area contributed by atoms with E-state index in [1.165, 1.54) is 12.8 Å². The number of hydrogen-bond donors (Lipinski definition) is 3. The summed E-state index contributed by atoms with van der Waals surface area (Å²) in [6, 6.07) is 7.40. The van der Waals surface area contributed by atoms with Crippen LogP contribution in [0.1, 0.15) is 24.8 Å². The van der Waals surface area contributed by atoms with Crippen LogP contribution in [0.2, 0.25) is 0 Å². The maximum Gasteiger partial charge on any atom is 0.238 e. The Morgan fingerprint density at radius 2 is 1.91 bits per heavy atom. The molecule has 1 unspecified atom stereocenters. The standard InChI is InChI=1S/C17H21N3O3/c21-15-8-13(17(23)20-15)7-11-3-5-14(6-4-11)19-16(22)10-18-9-12-1-2-12/h3-6,12-13,18H,1-2,7-10H2,(H,19,22)(H,20,21,23). The van der Waals surface area contributed by atoms with E-state index < -0.39 is 0 Å². The lowest BCUT2D eigenvalue weighted by molar-refractivity contribution is -0.125. The maximum atomic E-state index is 11.8. The van der Waals surface area contributed by atoms with Gasteiger partial charge < -0.3 is 10.6 Å². The van der Waals surface area contributed by atoms with E-state index in [-0.39, 0.29) is 30.1 Å². The third-order valence-corrected chi connectivity index (χ3v) is 4.20. The molecule has 1 aromatic rings. The molecule has 2 aliphatic rings. The molecule has 1 aromatic carbocycles. The molecule has 3 amide bonds. The molecule has 122 valence electrons. The van der Waals surface area contributed by atoms with Crippen LogP contribution in [0.4, 0.5) is 5.69 Å². The first-order chi connectivity index (χ1) is 11.1. The molecule has 3 N–H and O–H groups in total. The van der Waals surface area contributed by atoms with Gasteiger partial charge in [-0.2, -0.15) is 0 Å². The number of imide groups is 1. The van der Waals surface area contributed by atoms with E-state index >= 15 is 0 Å². The fraction of sp³-hybridized carbons (Fsp3) is 0.471. The number of hydrogen-bond acceptors (Lipinski definition) is 4. The lowest BCUT2D eigenvalue weighted by atomic mass is 9.98. The molecule has 0 spiro atoms. The van der Waals surface area contributed by atoms with Crippen LogP contribution in [0, 0.1) is 11.8 Å². The zero-order valence-corrected chi connectivity index (χ0v) is 12.9. The molecule has 3 rings (SSSR count). The van der Waals surface area contributed by atoms with Gasteiger partial charge >= 0.3 is 0 Å². The van der Waals surface area contributed by atoms with Crippen LogP contribution in [0.5, 0.6) is 0 Å². The number of benzene rings is 1. The summed E-state index contributed by atoms with van der Waals surface area (Å²) in [5.74, 6) is 0.00665. The Hall–Kier alpha value is -2.21. The molecular formula is C17H21N3O3. The minimum atomic E-state index is -0.283. The van der Waals surface area contributed by atoms with Gasteiger partial charge in [-0.1, -0.05) is 12.1 Å². The summed E-state index contributed by atoms with van der Waals surface area (Å²) in [6.45, 7) is 1.23. The molecule has 2 fully saturated rings. The van der Waals surface area contributed by atoms with Gasteiger partial charge in [-0.05, 0) is 49.4 Å². The SMILES string of the molecule is O=C1CC(Cc2ccc(NC(=O)CNCC3CC3)cc2)C(=O)N1. The number of carbonyl (C=O) groups is 3. The Morgan fingerprint density at radius 1 is 1.17 bits per heavy atom. The van der Waals surface area contributed by atoms with Gasteiger partial charge in [0.15, 0.2) is 0 Å². The number of carbonyl (C=O) groups excluding carboxylic acids is 3. The Balaban J connectivity index is 1.45. The molecule has 1 heterocycles. The van der Waals surface area contributed by atoms with Crippen molar-refractivity contribution < 1.29 is 14.4 Å². The van der Waals surface area contributed by atoms with Gasteiger partial charge in [0.25, 0.3) is 0 Å². The van der Waals surface area contributed by atoms with Crippen molar-refractivity contribution in [2.24, 2.45) is 11.8 Å². The summed E-state index contributed by atoms with van der Waals surface area (Å²) in [4.78, 5) is 34.5. The molecule has 0 aromatic heterocycles. The number of amides is 3. The molecule has 1 aliphatic carbocycles. The Bertz CT molecular complexity index is 608. The van der Waals surface area contributed by atoms with Crippen LogP contribution in [0.15, 0.2) is 24.3 Å². The lowest BCUT2D eigenvalue weighted by Gasteiger charge is -2.09. The highest BCUT2D eigenvalue weighted by atomic mass is 16.2. The van der Waals surface area contributed by atoms with Crippen molar-refractivity contribution in [3.63, 3.8) is 0 Å². The monoisotopic (exact) mass is 315 g/mol. The van der Waals surface area contributed by atoms with E-state index in [1.54, 1.807) is 0 Å². The molecular weight excluding hydrogens is 294 g/mol. The van der Waals surface area contributed by atoms with Gasteiger partial charge in [0.1, 0.15) is 0 Å². The van der Waals surface area contributed by atoms with E-state index in [1.807, 2.05) is 24.3 Å². The topological polar surface area (TPSA) is 87.3 Å². The lowest BCUT2D eigenvalue weighted by Crippen LogP contribution is -2.29. The van der Waals surface area contributed by atoms with Crippen LogP contribution in [0.3, 0.4) is 0 Å². The van der Waals surface area contributed by atoms with Gasteiger partial charge in [-0.3, -0.25) is 19.7 Å². The van der Waals surface area contributed by atoms with E-state index in [2.05, 4.69) is 16.0 Å². The Kier molecular flexibility index (Phi) is 4.71. The average molecular weight is 315 g/mol. The van der Waals surface area contributed by atoms with Crippen LogP contribution in [-0.4, -0.2) is 30.8 Å². The second kappa shape index (κ2) is 6.91. The normalized spacial score (nSPS) is 20.4. The Morgan fingerprint density at radius 3 is 2.52 bits per heavy atom. The zero-order valence-electron chi connectivity index (χ0n) is 12.9. The molecule has 1 saturated heterocycles. The smallest absolute Gasteiger partial charge is 0.238 e. The first-order valence-electron chi connectivity index (χ1n) is 8.03. The molecule has 1 saturated carbocycles. The predicted octanol–water partition coefficient (Wildman–Crippen LogP) is 0.830. The summed E-state index contributed by atoms with van der Waals surface area (Å²) in [6.07, 6.45) is 3.32.